The number of piperidine rings is 1. The van der Waals surface area contributed by atoms with Gasteiger partial charge in [0.05, 0.1) is 6.04 Å². The summed E-state index contributed by atoms with van der Waals surface area (Å²) in [6.07, 6.45) is 2.84. The Morgan fingerprint density at radius 2 is 1.93 bits per heavy atom. The van der Waals surface area contributed by atoms with Crippen LogP contribution in [0.5, 0.6) is 11.5 Å². The largest absolute Gasteiger partial charge is 0.454 e. The molecule has 1 fully saturated rings. The van der Waals surface area contributed by atoms with Crippen LogP contribution in [-0.4, -0.2) is 31.8 Å². The van der Waals surface area contributed by atoms with E-state index in [1.807, 2.05) is 23.1 Å². The van der Waals surface area contributed by atoms with Gasteiger partial charge in [-0.1, -0.05) is 23.8 Å². The Morgan fingerprint density at radius 3 is 2.72 bits per heavy atom. The molecule has 1 saturated heterocycles. The number of ether oxygens (including phenoxy) is 2. The summed E-state index contributed by atoms with van der Waals surface area (Å²) in [6.45, 7) is 8.37. The first-order chi connectivity index (χ1) is 14.1. The van der Waals surface area contributed by atoms with E-state index in [1.165, 1.54) is 5.56 Å². The van der Waals surface area contributed by atoms with Crippen LogP contribution >= 0.6 is 0 Å². The average Bonchev–Trinajstić information content (AvgIpc) is 3.30. The fourth-order valence-corrected chi connectivity index (χ4v) is 5.21. The molecule has 1 spiro atoms. The van der Waals surface area contributed by atoms with Crippen molar-refractivity contribution in [1.82, 2.24) is 5.32 Å². The molecule has 3 heterocycles. The van der Waals surface area contributed by atoms with Gasteiger partial charge in [0.1, 0.15) is 0 Å². The lowest BCUT2D eigenvalue weighted by Crippen LogP contribution is -2.52. The van der Waals surface area contributed by atoms with E-state index in [1.54, 1.807) is 6.07 Å². The first-order valence-electron chi connectivity index (χ1n) is 10.3. The second-order valence-electron chi connectivity index (χ2n) is 8.34. The van der Waals surface area contributed by atoms with Gasteiger partial charge in [-0.3, -0.25) is 4.79 Å². The van der Waals surface area contributed by atoms with Gasteiger partial charge in [-0.15, -0.1) is 6.58 Å². The molecule has 1 atom stereocenters. The predicted octanol–water partition coefficient (Wildman–Crippen LogP) is 4.03. The number of carbonyl (C=O) groups excluding carboxylic acids is 1. The van der Waals surface area contributed by atoms with Crippen LogP contribution in [-0.2, 0) is 5.41 Å². The number of carbonyl (C=O) groups is 1. The van der Waals surface area contributed by atoms with Gasteiger partial charge in [0.15, 0.2) is 11.5 Å². The van der Waals surface area contributed by atoms with E-state index >= 15 is 0 Å². The molecule has 0 radical (unpaired) electrons. The van der Waals surface area contributed by atoms with E-state index in [0.717, 1.165) is 43.6 Å². The lowest BCUT2D eigenvalue weighted by molar-refractivity contribution is 0.0963. The first-order valence-corrected chi connectivity index (χ1v) is 10.3. The van der Waals surface area contributed by atoms with Crippen molar-refractivity contribution in [2.24, 2.45) is 0 Å². The minimum absolute atomic E-state index is 0.0115. The number of rotatable bonds is 3. The van der Waals surface area contributed by atoms with Gasteiger partial charge in [-0.05, 0) is 69.1 Å². The standard InChI is InChI=1S/C24H26N2O3/c1-16(2)13-22-24(9-11-25-12-10-24)18-5-3-4-6-19(18)26(22)23(27)17-7-8-20-21(14-17)29-15-28-20/h3-8,14,22,25H,1,9-13,15H2,2H3/t22-/m1/s1. The Bertz CT molecular complexity index is 978. The van der Waals surface area contributed by atoms with Gasteiger partial charge < -0.3 is 19.7 Å². The molecule has 2 aromatic rings. The summed E-state index contributed by atoms with van der Waals surface area (Å²) in [5, 5.41) is 3.49. The molecule has 5 heteroatoms. The zero-order valence-corrected chi connectivity index (χ0v) is 16.7. The van der Waals surface area contributed by atoms with Crippen LogP contribution in [0.15, 0.2) is 54.6 Å². The molecule has 2 aromatic carbocycles. The highest BCUT2D eigenvalue weighted by molar-refractivity contribution is 6.08. The smallest absolute Gasteiger partial charge is 0.258 e. The number of amides is 1. The van der Waals surface area contributed by atoms with Crippen LogP contribution in [0.1, 0.15) is 42.1 Å². The zero-order valence-electron chi connectivity index (χ0n) is 16.7. The molecule has 1 amide bonds. The zero-order chi connectivity index (χ0) is 20.0. The van der Waals surface area contributed by atoms with Crippen molar-refractivity contribution in [3.8, 4) is 11.5 Å². The molecular weight excluding hydrogens is 364 g/mol. The van der Waals surface area contributed by atoms with Crippen LogP contribution in [0.25, 0.3) is 0 Å². The molecule has 3 aliphatic heterocycles. The molecule has 0 bridgehead atoms. The summed E-state index contributed by atoms with van der Waals surface area (Å²) >= 11 is 0. The van der Waals surface area contributed by atoms with Crippen molar-refractivity contribution >= 4 is 11.6 Å². The number of nitrogens with zero attached hydrogens (tertiary/aromatic N) is 1. The first kappa shape index (κ1) is 18.3. The second-order valence-corrected chi connectivity index (χ2v) is 8.34. The SMILES string of the molecule is C=C(C)C[C@H]1N(C(=O)c2ccc3c(c2)OCO3)c2ccccc2C12CCNCC2. The molecular formula is C24H26N2O3. The Kier molecular flexibility index (Phi) is 4.36. The molecule has 5 rings (SSSR count). The summed E-state index contributed by atoms with van der Waals surface area (Å²) in [6, 6.07) is 13.9. The van der Waals surface area contributed by atoms with E-state index in [4.69, 9.17) is 9.47 Å². The number of nitrogens with one attached hydrogen (secondary N) is 1. The molecule has 0 saturated carbocycles. The number of hydrogen-bond donors (Lipinski definition) is 1. The highest BCUT2D eigenvalue weighted by Gasteiger charge is 2.52. The van der Waals surface area contributed by atoms with Gasteiger partial charge in [0.2, 0.25) is 6.79 Å². The monoisotopic (exact) mass is 390 g/mol. The summed E-state index contributed by atoms with van der Waals surface area (Å²) in [4.78, 5) is 15.8. The summed E-state index contributed by atoms with van der Waals surface area (Å²) in [5.41, 5.74) is 4.02. The van der Waals surface area contributed by atoms with Crippen LogP contribution in [0.3, 0.4) is 0 Å². The molecule has 0 aromatic heterocycles. The Hall–Kier alpha value is -2.79. The number of anilines is 1. The van der Waals surface area contributed by atoms with Crippen molar-refractivity contribution in [3.05, 3.63) is 65.7 Å². The van der Waals surface area contributed by atoms with E-state index in [0.29, 0.717) is 17.1 Å². The summed E-state index contributed by atoms with van der Waals surface area (Å²) in [5.74, 6) is 1.34. The maximum Gasteiger partial charge on any atom is 0.258 e. The van der Waals surface area contributed by atoms with Crippen molar-refractivity contribution in [1.29, 1.82) is 0 Å². The fourth-order valence-electron chi connectivity index (χ4n) is 5.21. The third-order valence-electron chi connectivity index (χ3n) is 6.53. The lowest BCUT2D eigenvalue weighted by atomic mass is 9.68. The maximum atomic E-state index is 13.8. The Labute approximate surface area is 171 Å². The highest BCUT2D eigenvalue weighted by Crippen LogP contribution is 2.52. The van der Waals surface area contributed by atoms with E-state index in [-0.39, 0.29) is 24.2 Å². The van der Waals surface area contributed by atoms with Crippen molar-refractivity contribution in [2.75, 3.05) is 24.8 Å². The van der Waals surface area contributed by atoms with Crippen LogP contribution in [0.4, 0.5) is 5.69 Å². The molecule has 0 unspecified atom stereocenters. The van der Waals surface area contributed by atoms with Crippen molar-refractivity contribution < 1.29 is 14.3 Å². The van der Waals surface area contributed by atoms with E-state index < -0.39 is 0 Å². The second kappa shape index (κ2) is 6.92. The highest BCUT2D eigenvalue weighted by atomic mass is 16.7. The maximum absolute atomic E-state index is 13.8. The van der Waals surface area contributed by atoms with Crippen LogP contribution in [0.2, 0.25) is 0 Å². The minimum atomic E-state index is -0.0349. The van der Waals surface area contributed by atoms with E-state index in [2.05, 4.69) is 37.0 Å². The summed E-state index contributed by atoms with van der Waals surface area (Å²) in [7, 11) is 0. The lowest BCUT2D eigenvalue weighted by Gasteiger charge is -2.42. The minimum Gasteiger partial charge on any atom is -0.454 e. The van der Waals surface area contributed by atoms with Gasteiger partial charge in [-0.2, -0.15) is 0 Å². The number of hydrogen-bond acceptors (Lipinski definition) is 4. The van der Waals surface area contributed by atoms with Gasteiger partial charge in [0.25, 0.3) is 5.91 Å². The van der Waals surface area contributed by atoms with E-state index in [9.17, 15) is 4.79 Å². The normalized spacial score (nSPS) is 21.3. The third kappa shape index (κ3) is 2.84. The molecule has 0 aliphatic carbocycles. The number of benzene rings is 2. The molecule has 5 nitrogen and oxygen atoms in total. The molecule has 3 aliphatic rings. The van der Waals surface area contributed by atoms with Gasteiger partial charge >= 0.3 is 0 Å². The van der Waals surface area contributed by atoms with Crippen molar-refractivity contribution in [3.63, 3.8) is 0 Å². The fraction of sp³-hybridized carbons (Fsp3) is 0.375. The Morgan fingerprint density at radius 1 is 1.17 bits per heavy atom. The van der Waals surface area contributed by atoms with Gasteiger partial charge in [0, 0.05) is 16.7 Å². The number of para-hydroxylation sites is 1. The summed E-state index contributed by atoms with van der Waals surface area (Å²) < 4.78 is 10.9. The quantitative estimate of drug-likeness (QED) is 0.804. The van der Waals surface area contributed by atoms with Gasteiger partial charge in [-0.25, -0.2) is 0 Å². The Balaban J connectivity index is 1.61. The number of fused-ring (bicyclic) bond motifs is 3. The van der Waals surface area contributed by atoms with Crippen molar-refractivity contribution in [2.45, 2.75) is 37.6 Å². The third-order valence-corrected chi connectivity index (χ3v) is 6.53. The predicted molar refractivity (Wildman–Crippen MR) is 113 cm³/mol. The van der Waals surface area contributed by atoms with Crippen LogP contribution in [0, 0.1) is 0 Å². The molecule has 1 N–H and O–H groups in total. The topological polar surface area (TPSA) is 50.8 Å². The molecule has 150 valence electrons. The average molecular weight is 390 g/mol. The van der Waals surface area contributed by atoms with Crippen LogP contribution < -0.4 is 19.7 Å². The molecule has 29 heavy (non-hydrogen) atoms.